The number of alkyl halides is 1. The van der Waals surface area contributed by atoms with Gasteiger partial charge in [0.15, 0.2) is 0 Å². The van der Waals surface area contributed by atoms with E-state index in [-0.39, 0.29) is 12.4 Å². The topological polar surface area (TPSA) is 6.48 Å². The van der Waals surface area contributed by atoms with Crippen LogP contribution in [0.25, 0.3) is 0 Å². The Hall–Kier alpha value is 0.0600. The molecule has 4 heteroatoms. The van der Waals surface area contributed by atoms with Gasteiger partial charge in [0.1, 0.15) is 0 Å². The van der Waals surface area contributed by atoms with Crippen molar-refractivity contribution in [1.29, 1.82) is 0 Å². The SMILES string of the molecule is C#CCN1CCN(CCCCl)CC1.Cl. The van der Waals surface area contributed by atoms with Crippen LogP contribution in [0.15, 0.2) is 0 Å². The lowest BCUT2D eigenvalue weighted by molar-refractivity contribution is 0.144. The lowest BCUT2D eigenvalue weighted by Gasteiger charge is -2.33. The molecule has 2 nitrogen and oxygen atoms in total. The Morgan fingerprint density at radius 2 is 1.71 bits per heavy atom. The van der Waals surface area contributed by atoms with Gasteiger partial charge in [-0.3, -0.25) is 4.90 Å². The summed E-state index contributed by atoms with van der Waals surface area (Å²) in [5.41, 5.74) is 0. The number of nitrogens with zero attached hydrogens (tertiary/aromatic N) is 2. The zero-order valence-electron chi connectivity index (χ0n) is 8.41. The van der Waals surface area contributed by atoms with Gasteiger partial charge in [0, 0.05) is 32.1 Å². The maximum absolute atomic E-state index is 5.64. The fraction of sp³-hybridized carbons (Fsp3) is 0.800. The largest absolute Gasteiger partial charge is 0.301 e. The molecule has 1 saturated heterocycles. The molecule has 0 bridgehead atoms. The van der Waals surface area contributed by atoms with Crippen LogP contribution >= 0.6 is 24.0 Å². The Morgan fingerprint density at radius 3 is 2.21 bits per heavy atom. The van der Waals surface area contributed by atoms with Crippen LogP contribution in [-0.2, 0) is 0 Å². The van der Waals surface area contributed by atoms with Gasteiger partial charge in [0.25, 0.3) is 0 Å². The van der Waals surface area contributed by atoms with Gasteiger partial charge in [-0.15, -0.1) is 30.4 Å². The first-order valence-electron chi connectivity index (χ1n) is 4.81. The Kier molecular flexibility index (Phi) is 8.41. The van der Waals surface area contributed by atoms with E-state index in [2.05, 4.69) is 15.7 Å². The molecule has 0 N–H and O–H groups in total. The minimum atomic E-state index is 0. The molecule has 0 unspecified atom stereocenters. The van der Waals surface area contributed by atoms with Crippen molar-refractivity contribution in [1.82, 2.24) is 9.80 Å². The highest BCUT2D eigenvalue weighted by molar-refractivity contribution is 6.17. The molecular formula is C10H18Cl2N2. The standard InChI is InChI=1S/C10H17ClN2.ClH/c1-2-5-12-7-9-13(10-8-12)6-3-4-11;/h1H,3-10H2;1H. The molecule has 0 aromatic rings. The van der Waals surface area contributed by atoms with Gasteiger partial charge >= 0.3 is 0 Å². The van der Waals surface area contributed by atoms with Crippen molar-refractivity contribution in [2.45, 2.75) is 6.42 Å². The van der Waals surface area contributed by atoms with Gasteiger partial charge in [-0.1, -0.05) is 5.92 Å². The third-order valence-electron chi connectivity index (χ3n) is 2.39. The molecule has 0 amide bonds. The summed E-state index contributed by atoms with van der Waals surface area (Å²) in [5.74, 6) is 3.45. The van der Waals surface area contributed by atoms with E-state index in [0.29, 0.717) is 0 Å². The summed E-state index contributed by atoms with van der Waals surface area (Å²) in [6.07, 6.45) is 6.35. The van der Waals surface area contributed by atoms with Crippen LogP contribution in [0.2, 0.25) is 0 Å². The summed E-state index contributed by atoms with van der Waals surface area (Å²) in [6.45, 7) is 6.41. The second-order valence-corrected chi connectivity index (χ2v) is 3.74. The van der Waals surface area contributed by atoms with Gasteiger partial charge in [-0.25, -0.2) is 0 Å². The van der Waals surface area contributed by atoms with Crippen LogP contribution in [0.3, 0.4) is 0 Å². The van der Waals surface area contributed by atoms with Crippen molar-refractivity contribution in [3.8, 4) is 12.3 Å². The maximum Gasteiger partial charge on any atom is 0.0599 e. The smallest absolute Gasteiger partial charge is 0.0599 e. The Labute approximate surface area is 98.0 Å². The molecule has 1 heterocycles. The lowest BCUT2D eigenvalue weighted by Crippen LogP contribution is -2.46. The van der Waals surface area contributed by atoms with Gasteiger partial charge in [-0.2, -0.15) is 0 Å². The van der Waals surface area contributed by atoms with E-state index in [1.54, 1.807) is 0 Å². The molecule has 0 aromatic carbocycles. The van der Waals surface area contributed by atoms with E-state index in [1.165, 1.54) is 0 Å². The molecule has 1 rings (SSSR count). The Bertz CT molecular complexity index is 171. The van der Waals surface area contributed by atoms with E-state index in [9.17, 15) is 0 Å². The highest BCUT2D eigenvalue weighted by Crippen LogP contribution is 2.01. The molecule has 1 aliphatic heterocycles. The quantitative estimate of drug-likeness (QED) is 0.537. The summed E-state index contributed by atoms with van der Waals surface area (Å²) < 4.78 is 0. The third-order valence-corrected chi connectivity index (χ3v) is 2.66. The first-order chi connectivity index (χ1) is 6.36. The van der Waals surface area contributed by atoms with Crippen LogP contribution in [0.4, 0.5) is 0 Å². The number of hydrogen-bond donors (Lipinski definition) is 0. The third kappa shape index (κ3) is 5.07. The van der Waals surface area contributed by atoms with Crippen LogP contribution in [0, 0.1) is 12.3 Å². The van der Waals surface area contributed by atoms with Gasteiger partial charge < -0.3 is 4.90 Å². The van der Waals surface area contributed by atoms with Crippen LogP contribution in [0.5, 0.6) is 0 Å². The van der Waals surface area contributed by atoms with Crippen molar-refractivity contribution in [2.75, 3.05) is 45.1 Å². The van der Waals surface area contributed by atoms with Gasteiger partial charge in [-0.05, 0) is 13.0 Å². The molecule has 14 heavy (non-hydrogen) atoms. The first-order valence-corrected chi connectivity index (χ1v) is 5.34. The molecule has 0 aromatic heterocycles. The highest BCUT2D eigenvalue weighted by Gasteiger charge is 2.14. The summed E-state index contributed by atoms with van der Waals surface area (Å²) in [7, 11) is 0. The van der Waals surface area contributed by atoms with Gasteiger partial charge in [0.2, 0.25) is 0 Å². The zero-order chi connectivity index (χ0) is 9.52. The van der Waals surface area contributed by atoms with Crippen molar-refractivity contribution in [2.24, 2.45) is 0 Å². The molecule has 0 aliphatic carbocycles. The Balaban J connectivity index is 0.00000169. The average molecular weight is 237 g/mol. The normalized spacial score (nSPS) is 18.6. The predicted molar refractivity (Wildman–Crippen MR) is 64.3 cm³/mol. The molecule has 0 atom stereocenters. The van der Waals surface area contributed by atoms with Crippen LogP contribution in [0.1, 0.15) is 6.42 Å². The average Bonchev–Trinajstić information content (AvgIpc) is 2.17. The lowest BCUT2D eigenvalue weighted by atomic mass is 10.3. The van der Waals surface area contributed by atoms with E-state index >= 15 is 0 Å². The first kappa shape index (κ1) is 14.1. The molecule has 0 radical (unpaired) electrons. The fourth-order valence-electron chi connectivity index (χ4n) is 1.58. The molecule has 0 saturated carbocycles. The number of piperazine rings is 1. The van der Waals surface area contributed by atoms with E-state index < -0.39 is 0 Å². The minimum Gasteiger partial charge on any atom is -0.301 e. The monoisotopic (exact) mass is 236 g/mol. The zero-order valence-corrected chi connectivity index (χ0v) is 9.99. The summed E-state index contributed by atoms with van der Waals surface area (Å²) in [4.78, 5) is 4.77. The number of terminal acetylenes is 1. The molecule has 0 spiro atoms. The number of hydrogen-bond acceptors (Lipinski definition) is 2. The number of rotatable bonds is 4. The van der Waals surface area contributed by atoms with E-state index in [1.807, 2.05) is 0 Å². The predicted octanol–water partition coefficient (Wildman–Crippen LogP) is 1.29. The molecule has 1 fully saturated rings. The van der Waals surface area contributed by atoms with E-state index in [0.717, 1.165) is 51.6 Å². The number of halogens is 2. The van der Waals surface area contributed by atoms with Crippen LogP contribution < -0.4 is 0 Å². The highest BCUT2D eigenvalue weighted by atomic mass is 35.5. The van der Waals surface area contributed by atoms with Gasteiger partial charge in [0.05, 0.1) is 6.54 Å². The summed E-state index contributed by atoms with van der Waals surface area (Å²) in [5, 5.41) is 0. The molecule has 82 valence electrons. The molecule has 1 aliphatic rings. The molecular weight excluding hydrogens is 219 g/mol. The second kappa shape index (κ2) is 8.38. The maximum atomic E-state index is 5.64. The fourth-order valence-corrected chi connectivity index (χ4v) is 1.70. The van der Waals surface area contributed by atoms with Crippen molar-refractivity contribution < 1.29 is 0 Å². The van der Waals surface area contributed by atoms with Crippen LogP contribution in [-0.4, -0.2) is 54.9 Å². The van der Waals surface area contributed by atoms with Crippen molar-refractivity contribution in [3.63, 3.8) is 0 Å². The summed E-state index contributed by atoms with van der Waals surface area (Å²) >= 11 is 5.64. The van der Waals surface area contributed by atoms with E-state index in [4.69, 9.17) is 18.0 Å². The Morgan fingerprint density at radius 1 is 1.14 bits per heavy atom. The second-order valence-electron chi connectivity index (χ2n) is 3.36. The van der Waals surface area contributed by atoms with Crippen molar-refractivity contribution in [3.05, 3.63) is 0 Å². The minimum absolute atomic E-state index is 0. The summed E-state index contributed by atoms with van der Waals surface area (Å²) in [6, 6.07) is 0. The van der Waals surface area contributed by atoms with Crippen molar-refractivity contribution >= 4 is 24.0 Å².